The molecule has 3 fully saturated rings. The van der Waals surface area contributed by atoms with Gasteiger partial charge in [0.25, 0.3) is 0 Å². The molecule has 1 saturated carbocycles. The van der Waals surface area contributed by atoms with Crippen molar-refractivity contribution in [2.24, 2.45) is 11.3 Å². The highest BCUT2D eigenvalue weighted by Crippen LogP contribution is 2.47. The summed E-state index contributed by atoms with van der Waals surface area (Å²) < 4.78 is 5.64. The molecule has 2 heterocycles. The highest BCUT2D eigenvalue weighted by Gasteiger charge is 2.58. The van der Waals surface area contributed by atoms with E-state index in [9.17, 15) is 9.59 Å². The number of ether oxygens (including phenoxy) is 1. The number of amides is 1. The van der Waals surface area contributed by atoms with Crippen molar-refractivity contribution in [3.05, 3.63) is 35.9 Å². The standard InChI is InChI=1S/C23H32N2O3/c26-21(15-28-14-17-9-5-4-6-10-17)20-13-23(16-24-20)18-11-7-2-1-3-8-12-19(18)25-22(23)27/h4-6,9-10,18-20,24H,1-3,7-8,11-16H2,(H,25,27). The van der Waals surface area contributed by atoms with E-state index >= 15 is 0 Å². The van der Waals surface area contributed by atoms with Gasteiger partial charge < -0.3 is 15.4 Å². The van der Waals surface area contributed by atoms with Crippen LogP contribution in [0.2, 0.25) is 0 Å². The summed E-state index contributed by atoms with van der Waals surface area (Å²) in [6.07, 6.45) is 9.01. The van der Waals surface area contributed by atoms with Gasteiger partial charge in [-0.15, -0.1) is 0 Å². The van der Waals surface area contributed by atoms with Crippen LogP contribution in [0.25, 0.3) is 0 Å². The molecular weight excluding hydrogens is 352 g/mol. The quantitative estimate of drug-likeness (QED) is 0.819. The van der Waals surface area contributed by atoms with Gasteiger partial charge in [0.15, 0.2) is 5.78 Å². The molecule has 5 nitrogen and oxygen atoms in total. The molecule has 4 unspecified atom stereocenters. The molecule has 1 aromatic carbocycles. The van der Waals surface area contributed by atoms with E-state index in [0.29, 0.717) is 25.5 Å². The Morgan fingerprint density at radius 1 is 1.07 bits per heavy atom. The Kier molecular flexibility index (Phi) is 6.12. The highest BCUT2D eigenvalue weighted by molar-refractivity contribution is 5.91. The summed E-state index contributed by atoms with van der Waals surface area (Å²) >= 11 is 0. The zero-order valence-electron chi connectivity index (χ0n) is 16.6. The van der Waals surface area contributed by atoms with E-state index in [1.807, 2.05) is 30.3 Å². The zero-order chi connectivity index (χ0) is 19.4. The summed E-state index contributed by atoms with van der Waals surface area (Å²) in [5.41, 5.74) is 0.657. The van der Waals surface area contributed by atoms with E-state index in [1.54, 1.807) is 0 Å². The van der Waals surface area contributed by atoms with E-state index in [2.05, 4.69) is 10.6 Å². The third-order valence-electron chi connectivity index (χ3n) is 6.97. The number of hydrogen-bond acceptors (Lipinski definition) is 4. The van der Waals surface area contributed by atoms with E-state index < -0.39 is 5.41 Å². The smallest absolute Gasteiger partial charge is 0.228 e. The minimum atomic E-state index is -0.408. The summed E-state index contributed by atoms with van der Waals surface area (Å²) in [5.74, 6) is 0.580. The van der Waals surface area contributed by atoms with Crippen LogP contribution in [0.4, 0.5) is 0 Å². The predicted octanol–water partition coefficient (Wildman–Crippen LogP) is 2.98. The normalized spacial score (nSPS) is 33.0. The molecule has 1 amide bonds. The molecule has 0 aromatic heterocycles. The summed E-state index contributed by atoms with van der Waals surface area (Å²) in [4.78, 5) is 25.6. The topological polar surface area (TPSA) is 67.4 Å². The second-order valence-electron chi connectivity index (χ2n) is 8.77. The fourth-order valence-electron chi connectivity index (χ4n) is 5.42. The molecule has 2 aliphatic heterocycles. The molecular formula is C23H32N2O3. The summed E-state index contributed by atoms with van der Waals surface area (Å²) in [5, 5.41) is 6.65. The van der Waals surface area contributed by atoms with Gasteiger partial charge >= 0.3 is 0 Å². The molecule has 2 N–H and O–H groups in total. The number of carbonyl (C=O) groups is 2. The van der Waals surface area contributed by atoms with Gasteiger partial charge in [-0.05, 0) is 30.7 Å². The minimum Gasteiger partial charge on any atom is -0.369 e. The maximum absolute atomic E-state index is 12.9. The Morgan fingerprint density at radius 3 is 2.64 bits per heavy atom. The Labute approximate surface area is 167 Å². The Morgan fingerprint density at radius 2 is 1.82 bits per heavy atom. The van der Waals surface area contributed by atoms with E-state index in [-0.39, 0.29) is 30.4 Å². The van der Waals surface area contributed by atoms with Crippen LogP contribution in [0.5, 0.6) is 0 Å². The molecule has 28 heavy (non-hydrogen) atoms. The maximum atomic E-state index is 12.9. The van der Waals surface area contributed by atoms with Crippen molar-refractivity contribution in [1.29, 1.82) is 0 Å². The van der Waals surface area contributed by atoms with Crippen LogP contribution in [0.3, 0.4) is 0 Å². The first-order valence-corrected chi connectivity index (χ1v) is 10.9. The van der Waals surface area contributed by atoms with Gasteiger partial charge in [0.1, 0.15) is 6.61 Å². The number of Topliss-reactive ketones (excluding diaryl/α,β-unsaturated/α-hetero) is 1. The molecule has 1 aromatic rings. The Bertz CT molecular complexity index is 692. The number of nitrogens with one attached hydrogen (secondary N) is 2. The van der Waals surface area contributed by atoms with Crippen LogP contribution < -0.4 is 10.6 Å². The molecule has 5 heteroatoms. The number of carbonyl (C=O) groups excluding carboxylic acids is 2. The lowest BCUT2D eigenvalue weighted by Gasteiger charge is -2.30. The fourth-order valence-corrected chi connectivity index (χ4v) is 5.42. The molecule has 0 radical (unpaired) electrons. The molecule has 4 rings (SSSR count). The third-order valence-corrected chi connectivity index (χ3v) is 6.97. The van der Waals surface area contributed by atoms with Crippen molar-refractivity contribution >= 4 is 11.7 Å². The van der Waals surface area contributed by atoms with E-state index in [4.69, 9.17) is 4.74 Å². The highest BCUT2D eigenvalue weighted by atomic mass is 16.5. The first-order chi connectivity index (χ1) is 13.7. The SMILES string of the molecule is O=C(COCc1ccccc1)C1CC2(CN1)C(=O)NC1CCCCCCCC12. The first kappa shape index (κ1) is 19.6. The van der Waals surface area contributed by atoms with Crippen LogP contribution in [-0.2, 0) is 20.9 Å². The van der Waals surface area contributed by atoms with Crippen molar-refractivity contribution < 1.29 is 14.3 Å². The van der Waals surface area contributed by atoms with Crippen molar-refractivity contribution in [2.75, 3.05) is 13.2 Å². The summed E-state index contributed by atoms with van der Waals surface area (Å²) in [6.45, 7) is 1.16. The van der Waals surface area contributed by atoms with Crippen LogP contribution in [-0.4, -0.2) is 36.9 Å². The lowest BCUT2D eigenvalue weighted by molar-refractivity contribution is -0.128. The largest absolute Gasteiger partial charge is 0.369 e. The summed E-state index contributed by atoms with van der Waals surface area (Å²) in [6, 6.07) is 9.91. The van der Waals surface area contributed by atoms with Gasteiger partial charge in [-0.3, -0.25) is 9.59 Å². The van der Waals surface area contributed by atoms with Gasteiger partial charge in [-0.1, -0.05) is 62.4 Å². The van der Waals surface area contributed by atoms with Gasteiger partial charge in [0, 0.05) is 12.6 Å². The second kappa shape index (κ2) is 8.75. The van der Waals surface area contributed by atoms with Crippen molar-refractivity contribution in [3.63, 3.8) is 0 Å². The van der Waals surface area contributed by atoms with Crippen LogP contribution in [0.15, 0.2) is 30.3 Å². The van der Waals surface area contributed by atoms with Gasteiger partial charge in [-0.2, -0.15) is 0 Å². The van der Waals surface area contributed by atoms with Gasteiger partial charge in [-0.25, -0.2) is 0 Å². The van der Waals surface area contributed by atoms with E-state index in [0.717, 1.165) is 18.4 Å². The van der Waals surface area contributed by atoms with Gasteiger partial charge in [0.2, 0.25) is 5.91 Å². The average Bonchev–Trinajstić information content (AvgIpc) is 3.28. The fraction of sp³-hybridized carbons (Fsp3) is 0.652. The first-order valence-electron chi connectivity index (χ1n) is 10.9. The van der Waals surface area contributed by atoms with Crippen molar-refractivity contribution in [2.45, 2.75) is 70.1 Å². The lowest BCUT2D eigenvalue weighted by atomic mass is 9.70. The predicted molar refractivity (Wildman–Crippen MR) is 108 cm³/mol. The Balaban J connectivity index is 1.36. The molecule has 1 aliphatic carbocycles. The number of hydrogen-bond donors (Lipinski definition) is 2. The third kappa shape index (κ3) is 4.01. The zero-order valence-corrected chi connectivity index (χ0v) is 16.6. The number of ketones is 1. The average molecular weight is 385 g/mol. The molecule has 152 valence electrons. The number of benzene rings is 1. The number of fused-ring (bicyclic) bond motifs is 2. The molecule has 0 bridgehead atoms. The van der Waals surface area contributed by atoms with Crippen LogP contribution in [0, 0.1) is 11.3 Å². The molecule has 3 aliphatic rings. The minimum absolute atomic E-state index is 0.0622. The van der Waals surface area contributed by atoms with Crippen molar-refractivity contribution in [3.8, 4) is 0 Å². The van der Waals surface area contributed by atoms with Crippen LogP contribution in [0.1, 0.15) is 56.9 Å². The summed E-state index contributed by atoms with van der Waals surface area (Å²) in [7, 11) is 0. The lowest BCUT2D eigenvalue weighted by Crippen LogP contribution is -2.37. The van der Waals surface area contributed by atoms with E-state index in [1.165, 1.54) is 32.1 Å². The molecule has 4 atom stereocenters. The molecule has 2 saturated heterocycles. The Hall–Kier alpha value is -1.72. The monoisotopic (exact) mass is 384 g/mol. The second-order valence-corrected chi connectivity index (χ2v) is 8.77. The van der Waals surface area contributed by atoms with Gasteiger partial charge in [0.05, 0.1) is 18.1 Å². The van der Waals surface area contributed by atoms with Crippen molar-refractivity contribution in [1.82, 2.24) is 10.6 Å². The maximum Gasteiger partial charge on any atom is 0.228 e. The van der Waals surface area contributed by atoms with Crippen LogP contribution >= 0.6 is 0 Å². The number of rotatable bonds is 5. The molecule has 1 spiro atoms.